The first-order chi connectivity index (χ1) is 16.8. The summed E-state index contributed by atoms with van der Waals surface area (Å²) in [6.07, 6.45) is 11.6. The van der Waals surface area contributed by atoms with Crippen LogP contribution in [0.25, 0.3) is 11.1 Å². The van der Waals surface area contributed by atoms with Crippen LogP contribution in [0.4, 0.5) is 11.5 Å². The molecule has 0 spiro atoms. The Balaban J connectivity index is 2.09. The van der Waals surface area contributed by atoms with Gasteiger partial charge in [0.15, 0.2) is 0 Å². The van der Waals surface area contributed by atoms with Crippen molar-refractivity contribution < 1.29 is 0 Å². The molecule has 3 atom stereocenters. The van der Waals surface area contributed by atoms with Gasteiger partial charge in [-0.3, -0.25) is 0 Å². The molecule has 0 aliphatic carbocycles. The number of aryl methyl sites for hydroxylation is 2. The first-order valence-corrected chi connectivity index (χ1v) is 14.2. The molecule has 0 saturated heterocycles. The minimum absolute atomic E-state index is 0.0571. The fraction of sp³-hybridized carbons (Fsp3) is 0.545. The highest BCUT2D eigenvalue weighted by molar-refractivity contribution is 5.86. The Bertz CT molecular complexity index is 1110. The van der Waals surface area contributed by atoms with Gasteiger partial charge in [0.05, 0.1) is 6.54 Å². The molecule has 2 heteroatoms. The van der Waals surface area contributed by atoms with Gasteiger partial charge in [0.25, 0.3) is 0 Å². The number of hydrogen-bond donors (Lipinski definition) is 0. The van der Waals surface area contributed by atoms with Crippen molar-refractivity contribution in [2.45, 2.75) is 99.0 Å². The topological polar surface area (TPSA) is 12.9 Å². The summed E-state index contributed by atoms with van der Waals surface area (Å²) in [5.41, 5.74) is 9.37. The lowest BCUT2D eigenvalue weighted by Crippen LogP contribution is -2.65. The molecule has 35 heavy (non-hydrogen) atoms. The number of rotatable bonds is 8. The van der Waals surface area contributed by atoms with E-state index >= 15 is 0 Å². The van der Waals surface area contributed by atoms with Crippen molar-refractivity contribution in [3.63, 3.8) is 0 Å². The zero-order valence-corrected chi connectivity index (χ0v) is 23.2. The number of fused-ring (bicyclic) bond motifs is 5. The number of allylic oxidation sites excluding steroid dienone is 1. The lowest BCUT2D eigenvalue weighted by molar-refractivity contribution is 0.0844. The van der Waals surface area contributed by atoms with Crippen LogP contribution < -0.4 is 4.48 Å². The average Bonchev–Trinajstić information content (AvgIpc) is 3.03. The van der Waals surface area contributed by atoms with Gasteiger partial charge in [0.2, 0.25) is 5.82 Å². The number of nitrogens with zero attached hydrogens (tertiary/aromatic N) is 2. The number of aromatic nitrogens is 1. The second-order valence-electron chi connectivity index (χ2n) is 11.1. The molecule has 2 aliphatic rings. The van der Waals surface area contributed by atoms with Gasteiger partial charge in [-0.05, 0) is 93.7 Å². The van der Waals surface area contributed by atoms with Crippen molar-refractivity contribution in [2.75, 3.05) is 6.54 Å². The van der Waals surface area contributed by atoms with E-state index in [9.17, 15) is 0 Å². The Kier molecular flexibility index (Phi) is 7.44. The van der Waals surface area contributed by atoms with Gasteiger partial charge in [-0.15, -0.1) is 0 Å². The largest absolute Gasteiger partial charge is 0.238 e. The van der Waals surface area contributed by atoms with E-state index in [4.69, 9.17) is 11.6 Å². The van der Waals surface area contributed by atoms with Crippen LogP contribution in [0.5, 0.6) is 0 Å². The fourth-order valence-electron chi connectivity index (χ4n) is 7.62. The average molecular weight is 472 g/mol. The molecular formula is C33H47N2+. The highest BCUT2D eigenvalue weighted by Gasteiger charge is 2.61. The quantitative estimate of drug-likeness (QED) is 0.349. The van der Waals surface area contributed by atoms with E-state index in [-0.39, 0.29) is 5.41 Å². The second kappa shape index (κ2) is 10.1. The van der Waals surface area contributed by atoms with Crippen molar-refractivity contribution in [1.82, 2.24) is 9.47 Å². The van der Waals surface area contributed by atoms with Gasteiger partial charge >= 0.3 is 0 Å². The highest BCUT2D eigenvalue weighted by atomic mass is 15.4. The van der Waals surface area contributed by atoms with Crippen molar-refractivity contribution >= 4 is 22.7 Å². The van der Waals surface area contributed by atoms with E-state index in [0.717, 1.165) is 42.3 Å². The Morgan fingerprint density at radius 2 is 1.86 bits per heavy atom. The van der Waals surface area contributed by atoms with Crippen LogP contribution in [-0.2, 0) is 12.8 Å². The molecule has 4 rings (SSSR count). The second-order valence-corrected chi connectivity index (χ2v) is 11.1. The molecule has 2 aromatic rings. The van der Waals surface area contributed by atoms with E-state index in [1.165, 1.54) is 65.0 Å². The summed E-state index contributed by atoms with van der Waals surface area (Å²) < 4.78 is 0.869. The lowest BCUT2D eigenvalue weighted by Gasteiger charge is -2.57. The van der Waals surface area contributed by atoms with Crippen LogP contribution in [0.15, 0.2) is 43.6 Å². The molecule has 1 aromatic carbocycles. The Morgan fingerprint density at radius 1 is 1.11 bits per heavy atom. The van der Waals surface area contributed by atoms with Crippen LogP contribution in [0.2, 0.25) is 0 Å². The maximum absolute atomic E-state index is 5.37. The van der Waals surface area contributed by atoms with Crippen molar-refractivity contribution in [1.29, 1.82) is 0 Å². The standard InChI is InChI=1S/C33H47N2/c1-9-14-15-25-20-28-17-16-26(10-2)31-33(11-3,12-4)24(8)29-21-27(23(6)7)18-19-30(29)35(31,13-5)32(28)34-22-25/h18-22,26,31H,6,8-17H2,1-5,7H3/q+1. The smallest absolute Gasteiger partial charge is 0.236 e. The summed E-state index contributed by atoms with van der Waals surface area (Å²) in [4.78, 5) is 5.37. The van der Waals surface area contributed by atoms with Crippen LogP contribution in [0.3, 0.4) is 0 Å². The third-order valence-corrected chi connectivity index (χ3v) is 9.60. The van der Waals surface area contributed by atoms with Crippen LogP contribution >= 0.6 is 0 Å². The summed E-state index contributed by atoms with van der Waals surface area (Å²) in [5.74, 6) is 1.94. The lowest BCUT2D eigenvalue weighted by atomic mass is 9.59. The molecular weight excluding hydrogens is 424 g/mol. The predicted octanol–water partition coefficient (Wildman–Crippen LogP) is 9.29. The maximum Gasteiger partial charge on any atom is 0.236 e. The summed E-state index contributed by atoms with van der Waals surface area (Å²) in [7, 11) is 0. The summed E-state index contributed by atoms with van der Waals surface area (Å²) >= 11 is 0. The summed E-state index contributed by atoms with van der Waals surface area (Å²) in [5, 5.41) is 0. The SMILES string of the molecule is C=C(C)c1ccc2c(c1)C(=C)C(CC)(CC)C1C(CC)CCc3cc(CCCC)cnc3[N+]21CC. The molecule has 0 fully saturated rings. The Hall–Kier alpha value is -2.19. The van der Waals surface area contributed by atoms with Crippen molar-refractivity contribution in [3.05, 3.63) is 65.9 Å². The van der Waals surface area contributed by atoms with Crippen LogP contribution in [-0.4, -0.2) is 17.6 Å². The fourth-order valence-corrected chi connectivity index (χ4v) is 7.62. The van der Waals surface area contributed by atoms with E-state index < -0.39 is 0 Å². The molecule has 3 heterocycles. The predicted molar refractivity (Wildman–Crippen MR) is 154 cm³/mol. The summed E-state index contributed by atoms with van der Waals surface area (Å²) in [6.45, 7) is 24.1. The van der Waals surface area contributed by atoms with E-state index in [1.54, 1.807) is 0 Å². The van der Waals surface area contributed by atoms with E-state index in [0.29, 0.717) is 12.0 Å². The molecule has 3 unspecified atom stereocenters. The zero-order chi connectivity index (χ0) is 25.4. The van der Waals surface area contributed by atoms with Crippen LogP contribution in [0, 0.1) is 11.3 Å². The van der Waals surface area contributed by atoms with E-state index in [1.807, 2.05) is 0 Å². The minimum atomic E-state index is 0.0571. The van der Waals surface area contributed by atoms with Gasteiger partial charge in [-0.1, -0.05) is 52.8 Å². The Labute approximate surface area is 214 Å². The van der Waals surface area contributed by atoms with Gasteiger partial charge in [0.1, 0.15) is 11.7 Å². The Morgan fingerprint density at radius 3 is 2.46 bits per heavy atom. The normalized spacial score (nSPS) is 24.8. The van der Waals surface area contributed by atoms with Gasteiger partial charge in [-0.25, -0.2) is 9.47 Å². The number of quaternary nitrogens is 1. The number of hydrogen-bond acceptors (Lipinski definition) is 1. The maximum atomic E-state index is 5.37. The number of benzene rings is 1. The molecule has 0 bridgehead atoms. The zero-order valence-electron chi connectivity index (χ0n) is 23.2. The molecule has 1 aromatic heterocycles. The molecule has 2 aliphatic heterocycles. The first-order valence-electron chi connectivity index (χ1n) is 14.2. The third-order valence-electron chi connectivity index (χ3n) is 9.60. The van der Waals surface area contributed by atoms with Crippen molar-refractivity contribution in [3.8, 4) is 0 Å². The number of unbranched alkanes of at least 4 members (excludes halogenated alkanes) is 1. The van der Waals surface area contributed by atoms with Gasteiger partial charge in [0, 0.05) is 34.7 Å². The highest BCUT2D eigenvalue weighted by Crippen LogP contribution is 2.62. The van der Waals surface area contributed by atoms with Gasteiger partial charge < -0.3 is 0 Å². The molecule has 0 saturated carbocycles. The molecule has 0 N–H and O–H groups in total. The number of pyridine rings is 1. The van der Waals surface area contributed by atoms with Crippen LogP contribution in [0.1, 0.15) is 102 Å². The first kappa shape index (κ1) is 25.9. The monoisotopic (exact) mass is 471 g/mol. The molecule has 0 amide bonds. The third kappa shape index (κ3) is 3.84. The molecule has 2 nitrogen and oxygen atoms in total. The van der Waals surface area contributed by atoms with Crippen molar-refractivity contribution in [2.24, 2.45) is 11.3 Å². The molecule has 188 valence electrons. The summed E-state index contributed by atoms with van der Waals surface area (Å²) in [6, 6.07) is 10.0. The van der Waals surface area contributed by atoms with Gasteiger partial charge in [-0.2, -0.15) is 0 Å². The van der Waals surface area contributed by atoms with E-state index in [2.05, 4.69) is 78.6 Å². The molecule has 0 radical (unpaired) electrons. The minimum Gasteiger partial charge on any atom is -0.238 e.